The molecule has 0 bridgehead atoms. The Morgan fingerprint density at radius 3 is 2.56 bits per heavy atom. The van der Waals surface area contributed by atoms with Crippen LogP contribution >= 0.6 is 11.6 Å². The van der Waals surface area contributed by atoms with Crippen LogP contribution in [0.3, 0.4) is 0 Å². The van der Waals surface area contributed by atoms with Gasteiger partial charge >= 0.3 is 0 Å². The number of H-pyrrole nitrogens is 1. The molecule has 10 heteroatoms. The molecule has 0 spiro atoms. The number of rotatable bonds is 6. The van der Waals surface area contributed by atoms with Crippen molar-refractivity contribution >= 4 is 32.5 Å². The molecule has 3 aromatic rings. The van der Waals surface area contributed by atoms with E-state index in [2.05, 4.69) is 4.98 Å². The summed E-state index contributed by atoms with van der Waals surface area (Å²) in [5.74, 6) is 1.15. The largest absolute Gasteiger partial charge is 0.454 e. The van der Waals surface area contributed by atoms with Crippen molar-refractivity contribution in [2.24, 2.45) is 0 Å². The third-order valence-corrected chi connectivity index (χ3v) is 7.72. The van der Waals surface area contributed by atoms with Gasteiger partial charge in [-0.1, -0.05) is 11.6 Å². The average Bonchev–Trinajstić information content (AvgIpc) is 3.44. The van der Waals surface area contributed by atoms with Crippen molar-refractivity contribution in [3.63, 3.8) is 0 Å². The topological polar surface area (TPSA) is 97.9 Å². The summed E-state index contributed by atoms with van der Waals surface area (Å²) in [6.07, 6.45) is 1.43. The molecule has 32 heavy (non-hydrogen) atoms. The molecule has 3 heterocycles. The number of nitrogens with one attached hydrogen (secondary N) is 1. The minimum atomic E-state index is -3.89. The van der Waals surface area contributed by atoms with E-state index in [9.17, 15) is 13.2 Å². The molecule has 0 amide bonds. The fourth-order valence-corrected chi connectivity index (χ4v) is 5.54. The molecule has 1 N–H and O–H groups in total. The van der Waals surface area contributed by atoms with Gasteiger partial charge in [-0.05, 0) is 49.2 Å². The molecule has 1 fully saturated rings. The highest BCUT2D eigenvalue weighted by Crippen LogP contribution is 2.35. The van der Waals surface area contributed by atoms with Crippen LogP contribution < -0.4 is 15.0 Å². The van der Waals surface area contributed by atoms with Crippen molar-refractivity contribution in [3.05, 3.63) is 63.4 Å². The lowest BCUT2D eigenvalue weighted by molar-refractivity contribution is 0.0925. The molecule has 168 valence electrons. The molecule has 2 aliphatic heterocycles. The molecule has 0 aliphatic carbocycles. The Morgan fingerprint density at radius 1 is 1.09 bits per heavy atom. The summed E-state index contributed by atoms with van der Waals surface area (Å²) in [5, 5.41) is 1.17. The van der Waals surface area contributed by atoms with Crippen molar-refractivity contribution < 1.29 is 22.6 Å². The van der Waals surface area contributed by atoms with Crippen LogP contribution in [0, 0.1) is 0 Å². The van der Waals surface area contributed by atoms with Gasteiger partial charge in [-0.2, -0.15) is 4.31 Å². The Bertz CT molecular complexity index is 1320. The van der Waals surface area contributed by atoms with E-state index in [0.29, 0.717) is 34.2 Å². The quantitative estimate of drug-likeness (QED) is 0.586. The Morgan fingerprint density at radius 2 is 1.84 bits per heavy atom. The zero-order chi connectivity index (χ0) is 22.3. The maximum absolute atomic E-state index is 13.4. The molecule has 1 saturated heterocycles. The smallest absolute Gasteiger partial charge is 0.252 e. The van der Waals surface area contributed by atoms with Crippen molar-refractivity contribution in [2.45, 2.75) is 30.4 Å². The van der Waals surface area contributed by atoms with E-state index < -0.39 is 10.0 Å². The van der Waals surface area contributed by atoms with Crippen LogP contribution in [0.5, 0.6) is 11.5 Å². The van der Waals surface area contributed by atoms with Gasteiger partial charge in [0.15, 0.2) is 11.5 Å². The molecule has 2 aromatic carbocycles. The standard InChI is InChI=1S/C22H21ClN2O6S/c23-16-3-5-18(6-4-16)32(27,28)25(12-17-2-1-7-29-17)11-15-8-14-9-20-21(31-13-30-20)10-19(14)24-22(15)26/h3-6,8-10,17H,1-2,7,11-13H2,(H,24,26). The highest BCUT2D eigenvalue weighted by Gasteiger charge is 2.30. The number of pyridine rings is 1. The number of sulfonamides is 1. The second-order valence-corrected chi connectivity index (χ2v) is 10.2. The molecular formula is C22H21ClN2O6S. The van der Waals surface area contributed by atoms with Crippen LogP contribution in [-0.4, -0.2) is 43.8 Å². The zero-order valence-electron chi connectivity index (χ0n) is 17.0. The van der Waals surface area contributed by atoms with E-state index in [4.69, 9.17) is 25.8 Å². The van der Waals surface area contributed by atoms with Gasteiger partial charge < -0.3 is 19.2 Å². The lowest BCUT2D eigenvalue weighted by atomic mass is 10.1. The van der Waals surface area contributed by atoms with Crippen LogP contribution in [0.15, 0.2) is 52.2 Å². The molecular weight excluding hydrogens is 456 g/mol. The summed E-state index contributed by atoms with van der Waals surface area (Å²) < 4.78 is 44.6. The Kier molecular flexibility index (Phi) is 5.58. The Balaban J connectivity index is 1.52. The summed E-state index contributed by atoms with van der Waals surface area (Å²) >= 11 is 5.93. The average molecular weight is 477 g/mol. The van der Waals surface area contributed by atoms with E-state index in [1.165, 1.54) is 28.6 Å². The second kappa shape index (κ2) is 8.40. The van der Waals surface area contributed by atoms with Crippen LogP contribution in [0.25, 0.3) is 10.9 Å². The Hall–Kier alpha value is -2.59. The molecule has 0 radical (unpaired) electrons. The maximum Gasteiger partial charge on any atom is 0.252 e. The van der Waals surface area contributed by atoms with E-state index in [1.807, 2.05) is 0 Å². The number of halogens is 1. The number of aromatic amines is 1. The number of hydrogen-bond acceptors (Lipinski definition) is 6. The minimum absolute atomic E-state index is 0.0927. The SMILES string of the molecule is O=c1[nH]c2cc3c(cc2cc1CN(CC1CCCO1)S(=O)(=O)c1ccc(Cl)cc1)OCO3. The number of hydrogen-bond donors (Lipinski definition) is 1. The Labute approximate surface area is 189 Å². The van der Waals surface area contributed by atoms with Crippen LogP contribution in [0.2, 0.25) is 5.02 Å². The van der Waals surface area contributed by atoms with Crippen molar-refractivity contribution in [1.82, 2.24) is 9.29 Å². The second-order valence-electron chi connectivity index (χ2n) is 7.80. The van der Waals surface area contributed by atoms with Gasteiger partial charge in [-0.3, -0.25) is 4.79 Å². The molecule has 5 rings (SSSR count). The molecule has 0 saturated carbocycles. The fraction of sp³-hybridized carbons (Fsp3) is 0.318. The fourth-order valence-electron chi connectivity index (χ4n) is 3.97. The lowest BCUT2D eigenvalue weighted by Crippen LogP contribution is -2.38. The third-order valence-electron chi connectivity index (χ3n) is 5.64. The van der Waals surface area contributed by atoms with E-state index in [1.54, 1.807) is 18.2 Å². The monoisotopic (exact) mass is 476 g/mol. The van der Waals surface area contributed by atoms with Gasteiger partial charge in [-0.25, -0.2) is 8.42 Å². The highest BCUT2D eigenvalue weighted by atomic mass is 35.5. The first-order valence-electron chi connectivity index (χ1n) is 10.2. The molecule has 2 aliphatic rings. The maximum atomic E-state index is 13.4. The number of fused-ring (bicyclic) bond motifs is 2. The van der Waals surface area contributed by atoms with Gasteiger partial charge in [0, 0.05) is 41.7 Å². The molecule has 1 aromatic heterocycles. The summed E-state index contributed by atoms with van der Waals surface area (Å²) in [7, 11) is -3.89. The summed E-state index contributed by atoms with van der Waals surface area (Å²) in [4.78, 5) is 15.8. The van der Waals surface area contributed by atoms with E-state index in [0.717, 1.165) is 18.2 Å². The normalized spacial score (nSPS) is 18.0. The first-order chi connectivity index (χ1) is 15.4. The predicted molar refractivity (Wildman–Crippen MR) is 119 cm³/mol. The van der Waals surface area contributed by atoms with Gasteiger partial charge in [0.2, 0.25) is 16.8 Å². The zero-order valence-corrected chi connectivity index (χ0v) is 18.6. The van der Waals surface area contributed by atoms with Crippen LogP contribution in [0.4, 0.5) is 0 Å². The molecule has 1 atom stereocenters. The van der Waals surface area contributed by atoms with Crippen LogP contribution in [0.1, 0.15) is 18.4 Å². The van der Waals surface area contributed by atoms with Gasteiger partial charge in [0.25, 0.3) is 5.56 Å². The first kappa shape index (κ1) is 21.3. The molecule has 1 unspecified atom stereocenters. The third kappa shape index (κ3) is 4.09. The number of aromatic nitrogens is 1. The summed E-state index contributed by atoms with van der Waals surface area (Å²) in [6, 6.07) is 11.2. The van der Waals surface area contributed by atoms with Crippen molar-refractivity contribution in [3.8, 4) is 11.5 Å². The summed E-state index contributed by atoms with van der Waals surface area (Å²) in [6.45, 7) is 0.786. The number of ether oxygens (including phenoxy) is 3. The predicted octanol–water partition coefficient (Wildman–Crippen LogP) is 3.28. The van der Waals surface area contributed by atoms with E-state index >= 15 is 0 Å². The summed E-state index contributed by atoms with van der Waals surface area (Å²) in [5.41, 5.74) is 0.557. The van der Waals surface area contributed by atoms with Crippen molar-refractivity contribution in [2.75, 3.05) is 19.9 Å². The molecule has 8 nitrogen and oxygen atoms in total. The van der Waals surface area contributed by atoms with Crippen molar-refractivity contribution in [1.29, 1.82) is 0 Å². The number of nitrogens with zero attached hydrogens (tertiary/aromatic N) is 1. The van der Waals surface area contributed by atoms with Gasteiger partial charge in [-0.15, -0.1) is 0 Å². The minimum Gasteiger partial charge on any atom is -0.454 e. The van der Waals surface area contributed by atoms with Crippen LogP contribution in [-0.2, 0) is 21.3 Å². The first-order valence-corrected chi connectivity index (χ1v) is 12.0. The van der Waals surface area contributed by atoms with Gasteiger partial charge in [0.05, 0.1) is 16.5 Å². The highest BCUT2D eigenvalue weighted by molar-refractivity contribution is 7.89. The van der Waals surface area contributed by atoms with Gasteiger partial charge in [0.1, 0.15) is 0 Å². The number of benzene rings is 2. The lowest BCUT2D eigenvalue weighted by Gasteiger charge is -2.25. The van der Waals surface area contributed by atoms with E-state index in [-0.39, 0.29) is 36.4 Å².